The molecule has 1 nitrogen and oxygen atoms in total. The molecule has 0 spiro atoms. The zero-order valence-corrected chi connectivity index (χ0v) is 10.4. The SMILES string of the molecule is CC(C)Cc1ccccc1Cl.CCC=O. The van der Waals surface area contributed by atoms with Gasteiger partial charge in [-0.15, -0.1) is 0 Å². The summed E-state index contributed by atoms with van der Waals surface area (Å²) in [5.41, 5.74) is 1.25. The van der Waals surface area contributed by atoms with Crippen molar-refractivity contribution in [2.24, 2.45) is 5.92 Å². The Kier molecular flexibility index (Phi) is 8.02. The maximum absolute atomic E-state index is 9.17. The van der Waals surface area contributed by atoms with Gasteiger partial charge in [0.15, 0.2) is 0 Å². The van der Waals surface area contributed by atoms with E-state index >= 15 is 0 Å². The van der Waals surface area contributed by atoms with E-state index in [0.717, 1.165) is 17.7 Å². The van der Waals surface area contributed by atoms with Gasteiger partial charge in [-0.05, 0) is 24.0 Å². The van der Waals surface area contributed by atoms with Crippen molar-refractivity contribution in [2.75, 3.05) is 0 Å². The molecule has 0 saturated heterocycles. The normalized spacial score (nSPS) is 9.40. The number of hydrogen-bond donors (Lipinski definition) is 0. The number of benzene rings is 1. The minimum atomic E-state index is 0.639. The molecule has 0 aliphatic heterocycles. The highest BCUT2D eigenvalue weighted by Gasteiger charge is 2.00. The van der Waals surface area contributed by atoms with Gasteiger partial charge in [-0.3, -0.25) is 0 Å². The number of aldehydes is 1. The third-order valence-electron chi connectivity index (χ3n) is 1.75. The zero-order valence-electron chi connectivity index (χ0n) is 9.66. The standard InChI is InChI=1S/C10H13Cl.C3H6O/c1-8(2)7-9-5-3-4-6-10(9)11;1-2-3-4/h3-6,8H,7H2,1-2H3;3H,2H2,1H3. The molecule has 0 aliphatic carbocycles. The fourth-order valence-electron chi connectivity index (χ4n) is 1.10. The quantitative estimate of drug-likeness (QED) is 0.709. The van der Waals surface area contributed by atoms with Crippen LogP contribution in [0.1, 0.15) is 32.8 Å². The Bertz CT molecular complexity index is 282. The van der Waals surface area contributed by atoms with E-state index in [9.17, 15) is 4.79 Å². The summed E-state index contributed by atoms with van der Waals surface area (Å²) in [5.74, 6) is 0.676. The van der Waals surface area contributed by atoms with Gasteiger partial charge >= 0.3 is 0 Å². The molecule has 0 N–H and O–H groups in total. The molecule has 0 atom stereocenters. The van der Waals surface area contributed by atoms with Gasteiger partial charge in [0, 0.05) is 11.4 Å². The van der Waals surface area contributed by atoms with Crippen molar-refractivity contribution in [1.29, 1.82) is 0 Å². The first-order valence-electron chi connectivity index (χ1n) is 5.28. The number of halogens is 1. The number of hydrogen-bond acceptors (Lipinski definition) is 1. The molecule has 84 valence electrons. The maximum Gasteiger partial charge on any atom is 0.119 e. The van der Waals surface area contributed by atoms with Crippen LogP contribution in [0.15, 0.2) is 24.3 Å². The van der Waals surface area contributed by atoms with Gasteiger partial charge in [-0.2, -0.15) is 0 Å². The second-order valence-electron chi connectivity index (χ2n) is 3.76. The van der Waals surface area contributed by atoms with E-state index in [0.29, 0.717) is 12.3 Å². The molecule has 0 radical (unpaired) electrons. The first kappa shape index (κ1) is 14.2. The lowest BCUT2D eigenvalue weighted by atomic mass is 10.0. The van der Waals surface area contributed by atoms with Crippen LogP contribution in [0.4, 0.5) is 0 Å². The molecular weight excluding hydrogens is 208 g/mol. The fraction of sp³-hybridized carbons (Fsp3) is 0.462. The summed E-state index contributed by atoms with van der Waals surface area (Å²) in [6.07, 6.45) is 2.58. The summed E-state index contributed by atoms with van der Waals surface area (Å²) in [6.45, 7) is 6.21. The molecule has 0 aromatic heterocycles. The maximum atomic E-state index is 9.17. The molecule has 2 heteroatoms. The molecule has 0 heterocycles. The topological polar surface area (TPSA) is 17.1 Å². The fourth-order valence-corrected chi connectivity index (χ4v) is 1.32. The number of rotatable bonds is 3. The van der Waals surface area contributed by atoms with Crippen LogP contribution in [-0.4, -0.2) is 6.29 Å². The molecule has 1 rings (SSSR count). The van der Waals surface area contributed by atoms with Crippen LogP contribution in [0.2, 0.25) is 5.02 Å². The highest BCUT2D eigenvalue weighted by Crippen LogP contribution is 2.17. The van der Waals surface area contributed by atoms with E-state index in [2.05, 4.69) is 19.9 Å². The molecule has 0 aliphatic rings. The Balaban J connectivity index is 0.000000423. The third-order valence-corrected chi connectivity index (χ3v) is 2.12. The van der Waals surface area contributed by atoms with Crippen molar-refractivity contribution >= 4 is 17.9 Å². The summed E-state index contributed by atoms with van der Waals surface area (Å²) >= 11 is 5.97. The van der Waals surface area contributed by atoms with Crippen LogP contribution in [0.3, 0.4) is 0 Å². The number of carbonyl (C=O) groups is 1. The summed E-state index contributed by atoms with van der Waals surface area (Å²) in [4.78, 5) is 9.17. The van der Waals surface area contributed by atoms with Crippen molar-refractivity contribution in [3.05, 3.63) is 34.9 Å². The van der Waals surface area contributed by atoms with Crippen LogP contribution in [0.5, 0.6) is 0 Å². The van der Waals surface area contributed by atoms with E-state index in [1.807, 2.05) is 25.1 Å². The Hall–Kier alpha value is -0.820. The molecule has 0 fully saturated rings. The predicted octanol–water partition coefficient (Wildman–Crippen LogP) is 4.13. The molecule has 0 bridgehead atoms. The largest absolute Gasteiger partial charge is 0.303 e. The minimum Gasteiger partial charge on any atom is -0.303 e. The average Bonchev–Trinajstić information content (AvgIpc) is 2.21. The predicted molar refractivity (Wildman–Crippen MR) is 66.3 cm³/mol. The molecule has 0 unspecified atom stereocenters. The van der Waals surface area contributed by atoms with Crippen LogP contribution in [-0.2, 0) is 11.2 Å². The number of carbonyl (C=O) groups excluding carboxylic acids is 1. The summed E-state index contributed by atoms with van der Waals surface area (Å²) < 4.78 is 0. The second kappa shape index (κ2) is 8.49. The van der Waals surface area contributed by atoms with Crippen molar-refractivity contribution in [3.63, 3.8) is 0 Å². The lowest BCUT2D eigenvalue weighted by molar-refractivity contribution is -0.107. The van der Waals surface area contributed by atoms with Gasteiger partial charge in [-0.1, -0.05) is 50.6 Å². The molecule has 0 saturated carbocycles. The molecule has 0 amide bonds. The van der Waals surface area contributed by atoms with Crippen LogP contribution < -0.4 is 0 Å². The van der Waals surface area contributed by atoms with Crippen molar-refractivity contribution in [1.82, 2.24) is 0 Å². The van der Waals surface area contributed by atoms with Crippen molar-refractivity contribution in [3.8, 4) is 0 Å². The van der Waals surface area contributed by atoms with Gasteiger partial charge in [0.25, 0.3) is 0 Å². The van der Waals surface area contributed by atoms with Gasteiger partial charge < -0.3 is 4.79 Å². The lowest BCUT2D eigenvalue weighted by Crippen LogP contribution is -1.93. The van der Waals surface area contributed by atoms with E-state index < -0.39 is 0 Å². The van der Waals surface area contributed by atoms with E-state index in [4.69, 9.17) is 11.6 Å². The molecule has 1 aromatic rings. The first-order chi connectivity index (χ1) is 7.11. The monoisotopic (exact) mass is 226 g/mol. The summed E-state index contributed by atoms with van der Waals surface area (Å²) in [6, 6.07) is 8.03. The molecule has 15 heavy (non-hydrogen) atoms. The Morgan fingerprint density at radius 1 is 1.33 bits per heavy atom. The van der Waals surface area contributed by atoms with Gasteiger partial charge in [-0.25, -0.2) is 0 Å². The first-order valence-corrected chi connectivity index (χ1v) is 5.66. The van der Waals surface area contributed by atoms with Gasteiger partial charge in [0.1, 0.15) is 6.29 Å². The minimum absolute atomic E-state index is 0.639. The van der Waals surface area contributed by atoms with Crippen molar-refractivity contribution in [2.45, 2.75) is 33.6 Å². The van der Waals surface area contributed by atoms with E-state index in [-0.39, 0.29) is 0 Å². The highest BCUT2D eigenvalue weighted by atomic mass is 35.5. The lowest BCUT2D eigenvalue weighted by Gasteiger charge is -2.05. The van der Waals surface area contributed by atoms with Crippen LogP contribution in [0, 0.1) is 5.92 Å². The Morgan fingerprint density at radius 2 is 1.87 bits per heavy atom. The van der Waals surface area contributed by atoms with E-state index in [1.54, 1.807) is 0 Å². The van der Waals surface area contributed by atoms with Gasteiger partial charge in [0.2, 0.25) is 0 Å². The smallest absolute Gasteiger partial charge is 0.119 e. The average molecular weight is 227 g/mol. The molecular formula is C13H19ClO. The zero-order chi connectivity index (χ0) is 11.7. The van der Waals surface area contributed by atoms with E-state index in [1.165, 1.54) is 5.56 Å². The van der Waals surface area contributed by atoms with Crippen LogP contribution in [0.25, 0.3) is 0 Å². The third kappa shape index (κ3) is 7.15. The second-order valence-corrected chi connectivity index (χ2v) is 4.17. The Labute approximate surface area is 97.5 Å². The molecule has 1 aromatic carbocycles. The Morgan fingerprint density at radius 3 is 2.27 bits per heavy atom. The van der Waals surface area contributed by atoms with Crippen molar-refractivity contribution < 1.29 is 4.79 Å². The van der Waals surface area contributed by atoms with Gasteiger partial charge in [0.05, 0.1) is 0 Å². The van der Waals surface area contributed by atoms with Crippen LogP contribution >= 0.6 is 11.6 Å². The summed E-state index contributed by atoms with van der Waals surface area (Å²) in [7, 11) is 0. The summed E-state index contributed by atoms with van der Waals surface area (Å²) in [5, 5.41) is 0.890. The highest BCUT2D eigenvalue weighted by molar-refractivity contribution is 6.31.